The second-order valence-corrected chi connectivity index (χ2v) is 11.2. The molecule has 10 heteroatoms. The van der Waals surface area contributed by atoms with Gasteiger partial charge in [0.2, 0.25) is 4.34 Å². The second kappa shape index (κ2) is 8.59. The molecule has 0 saturated carbocycles. The normalized spacial score (nSPS) is 12.5. The van der Waals surface area contributed by atoms with Gasteiger partial charge in [-0.15, -0.1) is 11.3 Å². The third kappa shape index (κ3) is 5.69. The predicted molar refractivity (Wildman–Crippen MR) is 116 cm³/mol. The zero-order valence-electron chi connectivity index (χ0n) is 17.2. The summed E-state index contributed by atoms with van der Waals surface area (Å²) in [6.07, 6.45) is 1.28. The Morgan fingerprint density at radius 2 is 1.69 bits per heavy atom. The molecule has 3 N–H and O–H groups in total. The van der Waals surface area contributed by atoms with Crippen LogP contribution >= 0.6 is 22.9 Å². The molecule has 2 rings (SSSR count). The van der Waals surface area contributed by atoms with E-state index < -0.39 is 21.7 Å². The van der Waals surface area contributed by atoms with Gasteiger partial charge in [0.1, 0.15) is 0 Å². The number of rotatable bonds is 6. The summed E-state index contributed by atoms with van der Waals surface area (Å²) in [7, 11) is -4.19. The van der Waals surface area contributed by atoms with E-state index in [9.17, 15) is 18.3 Å². The number of sulfonamides is 1. The maximum absolute atomic E-state index is 12.5. The van der Waals surface area contributed by atoms with E-state index in [1.807, 2.05) is 32.4 Å². The summed E-state index contributed by atoms with van der Waals surface area (Å²) < 4.78 is 26.8. The van der Waals surface area contributed by atoms with E-state index in [0.29, 0.717) is 15.6 Å². The Morgan fingerprint density at radius 1 is 1.17 bits per heavy atom. The summed E-state index contributed by atoms with van der Waals surface area (Å²) >= 11 is 7.02. The number of benzene rings is 1. The van der Waals surface area contributed by atoms with Crippen molar-refractivity contribution in [1.29, 1.82) is 0 Å². The van der Waals surface area contributed by atoms with Crippen LogP contribution in [0, 0.1) is 0 Å². The van der Waals surface area contributed by atoms with Crippen molar-refractivity contribution >= 4 is 44.7 Å². The summed E-state index contributed by atoms with van der Waals surface area (Å²) in [5.74, 6) is 0.123. The number of nitrogens with one attached hydrogen (secondary N) is 2. The summed E-state index contributed by atoms with van der Waals surface area (Å²) in [6.45, 7) is 10.9. The number of aromatic nitrogens is 1. The molecule has 0 saturated heterocycles. The van der Waals surface area contributed by atoms with Crippen LogP contribution in [0.1, 0.15) is 69.4 Å². The molecule has 0 unspecified atom stereocenters. The lowest BCUT2D eigenvalue weighted by Gasteiger charge is -2.21. The first-order valence-corrected chi connectivity index (χ1v) is 11.8. The van der Waals surface area contributed by atoms with Gasteiger partial charge >= 0.3 is 6.03 Å². The molecular formula is C19H26ClN3O4S2. The molecule has 0 radical (unpaired) electrons. The van der Waals surface area contributed by atoms with Crippen LogP contribution in [0.3, 0.4) is 0 Å². The summed E-state index contributed by atoms with van der Waals surface area (Å²) in [5.41, 5.74) is 0.943. The average molecular weight is 460 g/mol. The highest BCUT2D eigenvalue weighted by Crippen LogP contribution is 2.35. The molecule has 7 nitrogen and oxygen atoms in total. The van der Waals surface area contributed by atoms with E-state index in [2.05, 4.69) is 10.3 Å². The molecule has 0 spiro atoms. The number of hydrogen-bond acceptors (Lipinski definition) is 6. The molecule has 0 fully saturated rings. The molecule has 1 aromatic heterocycles. The lowest BCUT2D eigenvalue weighted by Crippen LogP contribution is -2.35. The second-order valence-electron chi connectivity index (χ2n) is 7.88. The van der Waals surface area contributed by atoms with Crippen molar-refractivity contribution in [1.82, 2.24) is 9.71 Å². The van der Waals surface area contributed by atoms with Crippen LogP contribution in [-0.2, 0) is 15.6 Å². The maximum Gasteiger partial charge on any atom is 0.333 e. The molecule has 2 amide bonds. The van der Waals surface area contributed by atoms with Gasteiger partial charge in [-0.2, -0.15) is 8.42 Å². The number of aliphatic hydroxyl groups is 1. The number of carbonyl (C=O) groups is 1. The van der Waals surface area contributed by atoms with Crippen molar-refractivity contribution in [3.05, 3.63) is 39.4 Å². The Labute approximate surface area is 180 Å². The first-order chi connectivity index (χ1) is 13.2. The molecule has 29 heavy (non-hydrogen) atoms. The van der Waals surface area contributed by atoms with E-state index in [4.69, 9.17) is 11.6 Å². The first-order valence-electron chi connectivity index (χ1n) is 9.08. The van der Waals surface area contributed by atoms with Crippen LogP contribution in [-0.4, -0.2) is 24.5 Å². The van der Waals surface area contributed by atoms with Gasteiger partial charge in [-0.25, -0.2) is 14.5 Å². The van der Waals surface area contributed by atoms with E-state index in [1.54, 1.807) is 12.1 Å². The van der Waals surface area contributed by atoms with Gasteiger partial charge in [-0.3, -0.25) is 0 Å². The SMILES string of the molecule is CC(C)c1cc(Cl)cc(C(C)C)c1NC(=O)NS(=O)(=O)c1ncc(C(C)(C)O)s1. The fraction of sp³-hybridized carbons (Fsp3) is 0.474. The summed E-state index contributed by atoms with van der Waals surface area (Å²) in [4.78, 5) is 16.7. The van der Waals surface area contributed by atoms with Crippen molar-refractivity contribution in [2.75, 3.05) is 5.32 Å². The number of thiazole rings is 1. The Bertz CT molecular complexity index is 980. The van der Waals surface area contributed by atoms with Crippen LogP contribution < -0.4 is 10.0 Å². The predicted octanol–water partition coefficient (Wildman–Crippen LogP) is 4.78. The minimum absolute atomic E-state index is 0.0615. The van der Waals surface area contributed by atoms with Crippen LogP contribution in [0.4, 0.5) is 10.5 Å². The van der Waals surface area contributed by atoms with E-state index in [0.717, 1.165) is 22.5 Å². The van der Waals surface area contributed by atoms with Crippen molar-refractivity contribution in [2.24, 2.45) is 0 Å². The smallest absolute Gasteiger partial charge is 0.333 e. The molecule has 1 aromatic carbocycles. The van der Waals surface area contributed by atoms with E-state index in [1.165, 1.54) is 20.0 Å². The van der Waals surface area contributed by atoms with Crippen molar-refractivity contribution in [3.8, 4) is 0 Å². The monoisotopic (exact) mass is 459 g/mol. The average Bonchev–Trinajstić information content (AvgIpc) is 3.06. The van der Waals surface area contributed by atoms with Crippen LogP contribution in [0.25, 0.3) is 0 Å². The van der Waals surface area contributed by atoms with Gasteiger partial charge < -0.3 is 10.4 Å². The molecule has 0 aliphatic heterocycles. The summed E-state index contributed by atoms with van der Waals surface area (Å²) in [6, 6.07) is 2.63. The van der Waals surface area contributed by atoms with Crippen LogP contribution in [0.2, 0.25) is 5.02 Å². The Morgan fingerprint density at radius 3 is 2.10 bits per heavy atom. The molecule has 1 heterocycles. The Hall–Kier alpha value is -1.68. The molecule has 160 valence electrons. The fourth-order valence-corrected chi connectivity index (χ4v) is 4.97. The van der Waals surface area contributed by atoms with Gasteiger partial charge in [0.25, 0.3) is 10.0 Å². The zero-order valence-corrected chi connectivity index (χ0v) is 19.6. The molecule has 2 aromatic rings. The van der Waals surface area contributed by atoms with Gasteiger partial charge in [-0.1, -0.05) is 39.3 Å². The number of hydrogen-bond donors (Lipinski definition) is 3. The molecule has 0 atom stereocenters. The number of carbonyl (C=O) groups excluding carboxylic acids is 1. The maximum atomic E-state index is 12.5. The Kier molecular flexibility index (Phi) is 6.99. The van der Waals surface area contributed by atoms with Gasteiger partial charge in [-0.05, 0) is 48.9 Å². The molecular weight excluding hydrogens is 434 g/mol. The number of anilines is 1. The van der Waals surface area contributed by atoms with Gasteiger partial charge in [0, 0.05) is 16.9 Å². The van der Waals surface area contributed by atoms with Crippen LogP contribution in [0.5, 0.6) is 0 Å². The number of urea groups is 1. The third-order valence-electron chi connectivity index (χ3n) is 4.19. The fourth-order valence-electron chi connectivity index (χ4n) is 2.67. The van der Waals surface area contributed by atoms with E-state index >= 15 is 0 Å². The molecule has 0 bridgehead atoms. The number of amides is 2. The number of nitrogens with zero attached hydrogens (tertiary/aromatic N) is 1. The largest absolute Gasteiger partial charge is 0.385 e. The number of halogens is 1. The minimum Gasteiger partial charge on any atom is -0.385 e. The topological polar surface area (TPSA) is 108 Å². The highest BCUT2D eigenvalue weighted by Gasteiger charge is 2.27. The van der Waals surface area contributed by atoms with Gasteiger partial charge in [0.05, 0.1) is 10.5 Å². The molecule has 0 aliphatic rings. The quantitative estimate of drug-likeness (QED) is 0.575. The minimum atomic E-state index is -4.19. The standard InChI is InChI=1S/C19H26ClN3O4S2/c1-10(2)13-7-12(20)8-14(11(3)4)16(13)22-17(24)23-29(26,27)18-21-9-15(28-18)19(5,6)25/h7-11,25H,1-6H3,(H2,22,23,24). The summed E-state index contributed by atoms with van der Waals surface area (Å²) in [5, 5.41) is 13.2. The zero-order chi connectivity index (χ0) is 22.1. The first kappa shape index (κ1) is 23.6. The highest BCUT2D eigenvalue weighted by molar-refractivity contribution is 7.92. The molecule has 0 aliphatic carbocycles. The Balaban J connectivity index is 2.32. The highest BCUT2D eigenvalue weighted by atomic mass is 35.5. The lowest BCUT2D eigenvalue weighted by atomic mass is 9.92. The van der Waals surface area contributed by atoms with Crippen molar-refractivity contribution in [3.63, 3.8) is 0 Å². The van der Waals surface area contributed by atoms with Crippen molar-refractivity contribution < 1.29 is 18.3 Å². The van der Waals surface area contributed by atoms with Gasteiger partial charge in [0.15, 0.2) is 0 Å². The lowest BCUT2D eigenvalue weighted by molar-refractivity contribution is 0.0823. The van der Waals surface area contributed by atoms with Crippen LogP contribution in [0.15, 0.2) is 22.7 Å². The van der Waals surface area contributed by atoms with Crippen molar-refractivity contribution in [2.45, 2.75) is 63.3 Å². The third-order valence-corrected chi connectivity index (χ3v) is 7.44. The van der Waals surface area contributed by atoms with E-state index in [-0.39, 0.29) is 16.2 Å².